The molecule has 0 aliphatic rings. The molecule has 0 bridgehead atoms. The van der Waals surface area contributed by atoms with E-state index in [1.165, 1.54) is 0 Å². The summed E-state index contributed by atoms with van der Waals surface area (Å²) in [4.78, 5) is 11.8. The molecule has 0 spiro atoms. The summed E-state index contributed by atoms with van der Waals surface area (Å²) in [7, 11) is 0. The van der Waals surface area contributed by atoms with Crippen LogP contribution in [0.25, 0.3) is 5.69 Å². The molecule has 0 saturated carbocycles. The molecule has 0 aliphatic carbocycles. The molecule has 0 aliphatic heterocycles. The lowest BCUT2D eigenvalue weighted by Gasteiger charge is -2.06. The molecular formula is C13H15N3O. The standard InChI is InChI=1S/C13H15N3O/c1-2-7-14-13(17)11-5-3-6-12(10-11)16-9-4-8-15-16/h3-6,8-10H,2,7H2,1H3,(H,14,17). The van der Waals surface area contributed by atoms with Crippen LogP contribution in [-0.2, 0) is 0 Å². The van der Waals surface area contributed by atoms with Crippen LogP contribution in [0.1, 0.15) is 23.7 Å². The zero-order valence-corrected chi connectivity index (χ0v) is 9.76. The van der Waals surface area contributed by atoms with Crippen molar-refractivity contribution < 1.29 is 4.79 Å². The van der Waals surface area contributed by atoms with E-state index in [2.05, 4.69) is 10.4 Å². The highest BCUT2D eigenvalue weighted by molar-refractivity contribution is 5.94. The third-order valence-electron chi connectivity index (χ3n) is 2.41. The Labute approximate surface area is 100 Å². The number of aromatic nitrogens is 2. The van der Waals surface area contributed by atoms with E-state index in [9.17, 15) is 4.79 Å². The first-order valence-corrected chi connectivity index (χ1v) is 5.69. The molecule has 2 aromatic rings. The number of benzene rings is 1. The molecule has 1 aromatic carbocycles. The lowest BCUT2D eigenvalue weighted by Crippen LogP contribution is -2.24. The number of rotatable bonds is 4. The molecule has 1 aromatic heterocycles. The molecule has 1 amide bonds. The Hall–Kier alpha value is -2.10. The molecule has 1 N–H and O–H groups in total. The topological polar surface area (TPSA) is 46.9 Å². The van der Waals surface area contributed by atoms with Gasteiger partial charge < -0.3 is 5.32 Å². The van der Waals surface area contributed by atoms with Crippen molar-refractivity contribution in [3.05, 3.63) is 48.3 Å². The number of amides is 1. The first-order chi connectivity index (χ1) is 8.31. The smallest absolute Gasteiger partial charge is 0.251 e. The minimum absolute atomic E-state index is 0.0409. The zero-order valence-electron chi connectivity index (χ0n) is 9.76. The summed E-state index contributed by atoms with van der Waals surface area (Å²) < 4.78 is 1.73. The van der Waals surface area contributed by atoms with Gasteiger partial charge in [0.1, 0.15) is 0 Å². The summed E-state index contributed by atoms with van der Waals surface area (Å²) in [6.07, 6.45) is 4.50. The average Bonchev–Trinajstić information content (AvgIpc) is 2.90. The lowest BCUT2D eigenvalue weighted by atomic mass is 10.2. The normalized spacial score (nSPS) is 10.2. The number of carbonyl (C=O) groups excluding carboxylic acids is 1. The van der Waals surface area contributed by atoms with Crippen LogP contribution >= 0.6 is 0 Å². The molecule has 0 atom stereocenters. The second kappa shape index (κ2) is 5.30. The van der Waals surface area contributed by atoms with Gasteiger partial charge in [-0.2, -0.15) is 5.10 Å². The molecule has 0 fully saturated rings. The molecular weight excluding hydrogens is 214 g/mol. The third kappa shape index (κ3) is 2.72. The van der Waals surface area contributed by atoms with E-state index in [1.807, 2.05) is 37.4 Å². The van der Waals surface area contributed by atoms with Crippen LogP contribution in [0.15, 0.2) is 42.7 Å². The molecule has 2 rings (SSSR count). The molecule has 1 heterocycles. The summed E-state index contributed by atoms with van der Waals surface area (Å²) in [6, 6.07) is 9.27. The van der Waals surface area contributed by atoms with Crippen LogP contribution in [0.4, 0.5) is 0 Å². The third-order valence-corrected chi connectivity index (χ3v) is 2.41. The van der Waals surface area contributed by atoms with Gasteiger partial charge in [-0.15, -0.1) is 0 Å². The summed E-state index contributed by atoms with van der Waals surface area (Å²) in [6.45, 7) is 2.73. The first-order valence-electron chi connectivity index (χ1n) is 5.69. The number of hydrogen-bond donors (Lipinski definition) is 1. The van der Waals surface area contributed by atoms with E-state index in [-0.39, 0.29) is 5.91 Å². The van der Waals surface area contributed by atoms with E-state index in [1.54, 1.807) is 16.9 Å². The van der Waals surface area contributed by atoms with Gasteiger partial charge in [0.25, 0.3) is 5.91 Å². The van der Waals surface area contributed by atoms with Gasteiger partial charge >= 0.3 is 0 Å². The van der Waals surface area contributed by atoms with Gasteiger partial charge in [-0.25, -0.2) is 4.68 Å². The fraction of sp³-hybridized carbons (Fsp3) is 0.231. The second-order valence-electron chi connectivity index (χ2n) is 3.76. The number of carbonyl (C=O) groups is 1. The van der Waals surface area contributed by atoms with Crippen molar-refractivity contribution in [2.24, 2.45) is 0 Å². The Bertz CT molecular complexity index is 491. The minimum Gasteiger partial charge on any atom is -0.352 e. The molecule has 0 unspecified atom stereocenters. The van der Waals surface area contributed by atoms with Crippen molar-refractivity contribution in [3.8, 4) is 5.69 Å². The fourth-order valence-corrected chi connectivity index (χ4v) is 1.55. The van der Waals surface area contributed by atoms with Crippen LogP contribution < -0.4 is 5.32 Å². The molecule has 0 saturated heterocycles. The minimum atomic E-state index is -0.0409. The van der Waals surface area contributed by atoms with Crippen LogP contribution in [-0.4, -0.2) is 22.2 Å². The van der Waals surface area contributed by atoms with Gasteiger partial charge in [0.2, 0.25) is 0 Å². The summed E-state index contributed by atoms with van der Waals surface area (Å²) in [5.41, 5.74) is 1.55. The Balaban J connectivity index is 2.20. The fourth-order valence-electron chi connectivity index (χ4n) is 1.55. The van der Waals surface area contributed by atoms with Crippen molar-refractivity contribution in [1.29, 1.82) is 0 Å². The quantitative estimate of drug-likeness (QED) is 0.871. The van der Waals surface area contributed by atoms with E-state index in [4.69, 9.17) is 0 Å². The van der Waals surface area contributed by atoms with Crippen LogP contribution in [0.5, 0.6) is 0 Å². The number of hydrogen-bond acceptors (Lipinski definition) is 2. The van der Waals surface area contributed by atoms with Crippen LogP contribution in [0, 0.1) is 0 Å². The van der Waals surface area contributed by atoms with Gasteiger partial charge in [-0.3, -0.25) is 4.79 Å². The van der Waals surface area contributed by atoms with Gasteiger partial charge in [-0.05, 0) is 30.7 Å². The van der Waals surface area contributed by atoms with Gasteiger partial charge in [0.15, 0.2) is 0 Å². The Morgan fingerprint density at radius 2 is 2.29 bits per heavy atom. The van der Waals surface area contributed by atoms with Crippen molar-refractivity contribution >= 4 is 5.91 Å². The monoisotopic (exact) mass is 229 g/mol. The van der Waals surface area contributed by atoms with Crippen molar-refractivity contribution in [1.82, 2.24) is 15.1 Å². The highest BCUT2D eigenvalue weighted by Gasteiger charge is 2.05. The first kappa shape index (κ1) is 11.4. The summed E-state index contributed by atoms with van der Waals surface area (Å²) in [5, 5.41) is 6.99. The van der Waals surface area contributed by atoms with E-state index >= 15 is 0 Å². The van der Waals surface area contributed by atoms with Gasteiger partial charge in [0.05, 0.1) is 5.69 Å². The van der Waals surface area contributed by atoms with E-state index < -0.39 is 0 Å². The van der Waals surface area contributed by atoms with Crippen molar-refractivity contribution in [2.45, 2.75) is 13.3 Å². The molecule has 0 radical (unpaired) electrons. The van der Waals surface area contributed by atoms with E-state index in [0.717, 1.165) is 12.1 Å². The van der Waals surface area contributed by atoms with Crippen LogP contribution in [0.3, 0.4) is 0 Å². The van der Waals surface area contributed by atoms with Gasteiger partial charge in [0, 0.05) is 24.5 Å². The van der Waals surface area contributed by atoms with E-state index in [0.29, 0.717) is 12.1 Å². The zero-order chi connectivity index (χ0) is 12.1. The lowest BCUT2D eigenvalue weighted by molar-refractivity contribution is 0.0953. The second-order valence-corrected chi connectivity index (χ2v) is 3.76. The van der Waals surface area contributed by atoms with Crippen LogP contribution in [0.2, 0.25) is 0 Å². The largest absolute Gasteiger partial charge is 0.352 e. The molecule has 88 valence electrons. The maximum absolute atomic E-state index is 11.8. The highest BCUT2D eigenvalue weighted by Crippen LogP contribution is 2.09. The maximum atomic E-state index is 11.8. The maximum Gasteiger partial charge on any atom is 0.251 e. The number of nitrogens with zero attached hydrogens (tertiary/aromatic N) is 2. The molecule has 17 heavy (non-hydrogen) atoms. The Morgan fingerprint density at radius 1 is 1.41 bits per heavy atom. The Kier molecular flexibility index (Phi) is 3.55. The highest BCUT2D eigenvalue weighted by atomic mass is 16.1. The Morgan fingerprint density at radius 3 is 3.00 bits per heavy atom. The molecule has 4 nitrogen and oxygen atoms in total. The predicted octanol–water partition coefficient (Wildman–Crippen LogP) is 2.01. The van der Waals surface area contributed by atoms with Gasteiger partial charge in [-0.1, -0.05) is 13.0 Å². The SMILES string of the molecule is CCCNC(=O)c1cccc(-n2cccn2)c1. The number of nitrogens with one attached hydrogen (secondary N) is 1. The van der Waals surface area contributed by atoms with Crippen molar-refractivity contribution in [2.75, 3.05) is 6.54 Å². The molecule has 4 heteroatoms. The average molecular weight is 229 g/mol. The predicted molar refractivity (Wildman–Crippen MR) is 66.2 cm³/mol. The summed E-state index contributed by atoms with van der Waals surface area (Å²) in [5.74, 6) is -0.0409. The summed E-state index contributed by atoms with van der Waals surface area (Å²) >= 11 is 0. The van der Waals surface area contributed by atoms with Crippen molar-refractivity contribution in [3.63, 3.8) is 0 Å².